The van der Waals surface area contributed by atoms with Crippen molar-refractivity contribution in [1.29, 1.82) is 0 Å². The van der Waals surface area contributed by atoms with Crippen LogP contribution in [0.4, 0.5) is 11.4 Å². The molecule has 3 nitrogen and oxygen atoms in total. The Kier molecular flexibility index (Phi) is 3.83. The van der Waals surface area contributed by atoms with Gasteiger partial charge in [-0.25, -0.2) is 4.99 Å². The quantitative estimate of drug-likeness (QED) is 0.619. The number of ether oxygens (including phenoxy) is 1. The maximum absolute atomic E-state index is 6.32. The maximum Gasteiger partial charge on any atom is 0.156 e. The Morgan fingerprint density at radius 1 is 1.04 bits per heavy atom. The molecule has 0 saturated heterocycles. The summed E-state index contributed by atoms with van der Waals surface area (Å²) in [6, 6.07) is 15.9. The summed E-state index contributed by atoms with van der Waals surface area (Å²) in [5.74, 6) is 1.22. The molecule has 5 heteroatoms. The van der Waals surface area contributed by atoms with Crippen molar-refractivity contribution in [3.63, 3.8) is 0 Å². The fourth-order valence-corrected chi connectivity index (χ4v) is 3.51. The normalized spacial score (nSPS) is 12.7. The fraction of sp³-hybridized carbons (Fsp3) is 0.105. The van der Waals surface area contributed by atoms with E-state index in [0.29, 0.717) is 28.2 Å². The van der Waals surface area contributed by atoms with Gasteiger partial charge in [0.1, 0.15) is 5.84 Å². The van der Waals surface area contributed by atoms with Crippen LogP contribution < -0.4 is 10.1 Å². The number of hydrogen-bond acceptors (Lipinski definition) is 3. The van der Waals surface area contributed by atoms with E-state index < -0.39 is 0 Å². The number of hydrogen-bond donors (Lipinski definition) is 1. The molecule has 0 atom stereocenters. The third kappa shape index (κ3) is 2.50. The predicted octanol–water partition coefficient (Wildman–Crippen LogP) is 6.05. The van der Waals surface area contributed by atoms with Gasteiger partial charge in [-0.2, -0.15) is 0 Å². The van der Waals surface area contributed by atoms with Gasteiger partial charge in [-0.05, 0) is 36.6 Å². The van der Waals surface area contributed by atoms with E-state index in [0.717, 1.165) is 27.7 Å². The van der Waals surface area contributed by atoms with Gasteiger partial charge in [0, 0.05) is 16.6 Å². The number of rotatable bonds is 3. The van der Waals surface area contributed by atoms with Crippen LogP contribution in [0.1, 0.15) is 12.5 Å². The van der Waals surface area contributed by atoms with Crippen molar-refractivity contribution >= 4 is 51.2 Å². The lowest BCUT2D eigenvalue weighted by Gasteiger charge is -2.20. The number of halogens is 2. The highest BCUT2D eigenvalue weighted by Crippen LogP contribution is 2.38. The summed E-state index contributed by atoms with van der Waals surface area (Å²) in [6.45, 7) is 2.40. The van der Waals surface area contributed by atoms with Crippen LogP contribution >= 0.6 is 23.2 Å². The minimum atomic E-state index is 0.473. The zero-order valence-electron chi connectivity index (χ0n) is 12.9. The Morgan fingerprint density at radius 2 is 1.75 bits per heavy atom. The molecule has 4 rings (SSSR count). The van der Waals surface area contributed by atoms with Gasteiger partial charge in [-0.15, -0.1) is 0 Å². The van der Waals surface area contributed by atoms with Crippen molar-refractivity contribution in [3.8, 4) is 5.75 Å². The monoisotopic (exact) mass is 356 g/mol. The molecule has 1 N–H and O–H groups in total. The number of nitrogens with one attached hydrogen (secondary N) is 1. The van der Waals surface area contributed by atoms with Gasteiger partial charge >= 0.3 is 0 Å². The number of aliphatic imine (C=N–C) groups is 1. The second kappa shape index (κ2) is 6.00. The Balaban J connectivity index is 1.84. The van der Waals surface area contributed by atoms with Crippen LogP contribution in [0.2, 0.25) is 10.0 Å². The Labute approximate surface area is 149 Å². The van der Waals surface area contributed by atoms with Crippen molar-refractivity contribution in [2.45, 2.75) is 6.92 Å². The molecule has 0 fully saturated rings. The van der Waals surface area contributed by atoms with E-state index in [9.17, 15) is 0 Å². The standard InChI is InChI=1S/C19H14Cl2N2O/c1-2-24-18-13(20)9-12(10-14(18)21)19-22-15-7-3-5-11-6-4-8-16(23-19)17(11)15/h3-10H,2H2,1H3,(H,22,23). The van der Waals surface area contributed by atoms with Crippen LogP contribution in [-0.4, -0.2) is 12.4 Å². The second-order valence-electron chi connectivity index (χ2n) is 5.47. The van der Waals surface area contributed by atoms with Crippen molar-refractivity contribution in [2.24, 2.45) is 4.99 Å². The maximum atomic E-state index is 6.32. The predicted molar refractivity (Wildman–Crippen MR) is 101 cm³/mol. The van der Waals surface area contributed by atoms with E-state index in [-0.39, 0.29) is 0 Å². The number of amidine groups is 1. The molecular weight excluding hydrogens is 343 g/mol. The molecular formula is C19H14Cl2N2O. The number of anilines is 1. The van der Waals surface area contributed by atoms with Gasteiger partial charge in [0.05, 0.1) is 22.3 Å². The van der Waals surface area contributed by atoms with E-state index in [1.807, 2.05) is 43.3 Å². The molecule has 0 radical (unpaired) electrons. The second-order valence-corrected chi connectivity index (χ2v) is 6.28. The van der Waals surface area contributed by atoms with Crippen molar-refractivity contribution < 1.29 is 4.74 Å². The lowest BCUT2D eigenvalue weighted by atomic mass is 10.0. The Bertz CT molecular complexity index is 954. The molecule has 1 aliphatic rings. The zero-order valence-corrected chi connectivity index (χ0v) is 14.4. The van der Waals surface area contributed by atoms with Crippen LogP contribution in [-0.2, 0) is 0 Å². The number of benzene rings is 3. The third-order valence-corrected chi connectivity index (χ3v) is 4.49. The van der Waals surface area contributed by atoms with Gasteiger partial charge in [-0.3, -0.25) is 0 Å². The van der Waals surface area contributed by atoms with Crippen molar-refractivity contribution in [3.05, 3.63) is 64.1 Å². The van der Waals surface area contributed by atoms with Gasteiger partial charge < -0.3 is 10.1 Å². The molecule has 24 heavy (non-hydrogen) atoms. The topological polar surface area (TPSA) is 33.6 Å². The van der Waals surface area contributed by atoms with Crippen LogP contribution in [0, 0.1) is 0 Å². The average molecular weight is 357 g/mol. The van der Waals surface area contributed by atoms with E-state index in [1.54, 1.807) is 0 Å². The first kappa shape index (κ1) is 15.3. The molecule has 0 aromatic heterocycles. The summed E-state index contributed by atoms with van der Waals surface area (Å²) in [5, 5.41) is 6.59. The molecule has 0 aliphatic carbocycles. The third-order valence-electron chi connectivity index (χ3n) is 3.93. The summed E-state index contributed by atoms with van der Waals surface area (Å²) in [5.41, 5.74) is 2.77. The first-order valence-electron chi connectivity index (χ1n) is 7.67. The smallest absolute Gasteiger partial charge is 0.156 e. The molecule has 0 unspecified atom stereocenters. The molecule has 0 saturated carbocycles. The molecule has 1 aliphatic heterocycles. The largest absolute Gasteiger partial charge is 0.491 e. The molecule has 0 amide bonds. The summed E-state index contributed by atoms with van der Waals surface area (Å²) in [7, 11) is 0. The summed E-state index contributed by atoms with van der Waals surface area (Å²) < 4.78 is 5.49. The van der Waals surface area contributed by atoms with Crippen LogP contribution in [0.5, 0.6) is 5.75 Å². The number of nitrogens with zero attached hydrogens (tertiary/aromatic N) is 1. The average Bonchev–Trinajstić information content (AvgIpc) is 2.58. The highest BCUT2D eigenvalue weighted by atomic mass is 35.5. The Morgan fingerprint density at radius 3 is 2.46 bits per heavy atom. The fourth-order valence-electron chi connectivity index (χ4n) is 2.91. The molecule has 3 aromatic carbocycles. The van der Waals surface area contributed by atoms with Gasteiger partial charge in [0.15, 0.2) is 5.75 Å². The van der Waals surface area contributed by atoms with Crippen molar-refractivity contribution in [1.82, 2.24) is 0 Å². The minimum Gasteiger partial charge on any atom is -0.491 e. The van der Waals surface area contributed by atoms with Crippen LogP contribution in [0.25, 0.3) is 10.8 Å². The van der Waals surface area contributed by atoms with E-state index in [2.05, 4.69) is 17.4 Å². The summed E-state index contributed by atoms with van der Waals surface area (Å²) in [4.78, 5) is 4.74. The molecule has 1 heterocycles. The van der Waals surface area contributed by atoms with E-state index >= 15 is 0 Å². The van der Waals surface area contributed by atoms with Gasteiger partial charge in [-0.1, -0.05) is 47.5 Å². The highest BCUT2D eigenvalue weighted by molar-refractivity contribution is 6.38. The lowest BCUT2D eigenvalue weighted by Crippen LogP contribution is -2.16. The summed E-state index contributed by atoms with van der Waals surface area (Å²) >= 11 is 12.6. The van der Waals surface area contributed by atoms with E-state index in [1.165, 1.54) is 0 Å². The van der Waals surface area contributed by atoms with Gasteiger partial charge in [0.2, 0.25) is 0 Å². The van der Waals surface area contributed by atoms with Crippen molar-refractivity contribution in [2.75, 3.05) is 11.9 Å². The van der Waals surface area contributed by atoms with E-state index in [4.69, 9.17) is 32.9 Å². The lowest BCUT2D eigenvalue weighted by molar-refractivity contribution is 0.340. The van der Waals surface area contributed by atoms with Crippen LogP contribution in [0.15, 0.2) is 53.5 Å². The zero-order chi connectivity index (χ0) is 16.7. The van der Waals surface area contributed by atoms with Crippen LogP contribution in [0.3, 0.4) is 0 Å². The SMILES string of the molecule is CCOc1c(Cl)cc(C2=Nc3cccc4cccc(c34)N2)cc1Cl. The molecule has 3 aromatic rings. The molecule has 120 valence electrons. The minimum absolute atomic E-state index is 0.473. The summed E-state index contributed by atoms with van der Waals surface area (Å²) in [6.07, 6.45) is 0. The molecule has 0 spiro atoms. The van der Waals surface area contributed by atoms with Gasteiger partial charge in [0.25, 0.3) is 0 Å². The highest BCUT2D eigenvalue weighted by Gasteiger charge is 2.18. The first-order chi connectivity index (χ1) is 11.7. The molecule has 0 bridgehead atoms. The Hall–Kier alpha value is -2.23. The first-order valence-corrected chi connectivity index (χ1v) is 8.42.